The van der Waals surface area contributed by atoms with Gasteiger partial charge in [0.25, 0.3) is 0 Å². The van der Waals surface area contributed by atoms with Crippen molar-refractivity contribution in [3.05, 3.63) is 36.0 Å². The van der Waals surface area contributed by atoms with E-state index < -0.39 is 0 Å². The Morgan fingerprint density at radius 3 is 2.80 bits per heavy atom. The van der Waals surface area contributed by atoms with Crippen LogP contribution in [-0.4, -0.2) is 23.8 Å². The van der Waals surface area contributed by atoms with Gasteiger partial charge in [0, 0.05) is 43.4 Å². The number of fused-ring (bicyclic) bond motifs is 1. The highest BCUT2D eigenvalue weighted by molar-refractivity contribution is 5.81. The molecule has 2 heterocycles. The Balaban J connectivity index is 1.92. The first kappa shape index (κ1) is 13.7. The zero-order valence-corrected chi connectivity index (χ0v) is 12.2. The second-order valence-corrected chi connectivity index (χ2v) is 6.04. The van der Waals surface area contributed by atoms with Crippen molar-refractivity contribution >= 4 is 10.9 Å². The van der Waals surface area contributed by atoms with E-state index in [-0.39, 0.29) is 6.04 Å². The highest BCUT2D eigenvalue weighted by atomic mass is 16.5. The fourth-order valence-corrected chi connectivity index (χ4v) is 3.17. The van der Waals surface area contributed by atoms with E-state index in [2.05, 4.69) is 41.8 Å². The van der Waals surface area contributed by atoms with Gasteiger partial charge in [-0.2, -0.15) is 0 Å². The van der Waals surface area contributed by atoms with Gasteiger partial charge in [-0.05, 0) is 43.2 Å². The summed E-state index contributed by atoms with van der Waals surface area (Å²) in [5, 5.41) is 1.33. The van der Waals surface area contributed by atoms with Crippen LogP contribution in [0.25, 0.3) is 10.9 Å². The van der Waals surface area contributed by atoms with Crippen molar-refractivity contribution in [2.75, 3.05) is 13.2 Å². The molecule has 0 radical (unpaired) electrons. The quantitative estimate of drug-likeness (QED) is 0.929. The first-order valence-corrected chi connectivity index (χ1v) is 7.64. The van der Waals surface area contributed by atoms with Crippen LogP contribution < -0.4 is 5.73 Å². The third kappa shape index (κ3) is 2.89. The van der Waals surface area contributed by atoms with Crippen LogP contribution in [-0.2, 0) is 17.7 Å². The number of nitrogens with two attached hydrogens (primary N) is 1. The zero-order valence-electron chi connectivity index (χ0n) is 12.2. The molecule has 1 fully saturated rings. The molecule has 1 aliphatic rings. The number of hydrogen-bond acceptors (Lipinski definition) is 2. The summed E-state index contributed by atoms with van der Waals surface area (Å²) in [5.74, 6) is 0.728. The summed E-state index contributed by atoms with van der Waals surface area (Å²) in [4.78, 5) is 0. The molecular formula is C17H24N2O. The smallest absolute Gasteiger partial charge is 0.0482 e. The Morgan fingerprint density at radius 2 is 2.05 bits per heavy atom. The van der Waals surface area contributed by atoms with E-state index in [9.17, 15) is 0 Å². The Hall–Kier alpha value is -1.32. The van der Waals surface area contributed by atoms with Crippen LogP contribution in [0.5, 0.6) is 0 Å². The van der Waals surface area contributed by atoms with Gasteiger partial charge in [0.05, 0.1) is 0 Å². The fraction of sp³-hybridized carbons (Fsp3) is 0.529. The lowest BCUT2D eigenvalue weighted by molar-refractivity contribution is 0.0614. The molecule has 3 heteroatoms. The Morgan fingerprint density at radius 1 is 1.30 bits per heavy atom. The first-order valence-electron chi connectivity index (χ1n) is 7.64. The molecule has 0 aliphatic carbocycles. The maximum atomic E-state index is 6.01. The summed E-state index contributed by atoms with van der Waals surface area (Å²) in [6, 6.07) is 11.2. The van der Waals surface area contributed by atoms with E-state index >= 15 is 0 Å². The van der Waals surface area contributed by atoms with Gasteiger partial charge in [-0.1, -0.05) is 18.2 Å². The minimum Gasteiger partial charge on any atom is -0.381 e. The van der Waals surface area contributed by atoms with Crippen LogP contribution in [0.2, 0.25) is 0 Å². The molecule has 0 amide bonds. The maximum absolute atomic E-state index is 6.01. The molecule has 1 aromatic heterocycles. The largest absolute Gasteiger partial charge is 0.381 e. The van der Waals surface area contributed by atoms with Crippen LogP contribution >= 0.6 is 0 Å². The predicted octanol–water partition coefficient (Wildman–Crippen LogP) is 2.96. The summed E-state index contributed by atoms with van der Waals surface area (Å²) in [6.07, 6.45) is 3.28. The molecule has 1 atom stereocenters. The molecule has 108 valence electrons. The molecule has 2 N–H and O–H groups in total. The summed E-state index contributed by atoms with van der Waals surface area (Å²) in [5.41, 5.74) is 8.73. The van der Waals surface area contributed by atoms with E-state index in [0.717, 1.165) is 32.1 Å². The number of aromatic nitrogens is 1. The average molecular weight is 272 g/mol. The lowest BCUT2D eigenvalue weighted by Crippen LogP contribution is -2.24. The van der Waals surface area contributed by atoms with Gasteiger partial charge >= 0.3 is 0 Å². The number of para-hydroxylation sites is 1. The highest BCUT2D eigenvalue weighted by Gasteiger charge is 2.17. The first-order chi connectivity index (χ1) is 9.74. The molecule has 0 saturated carbocycles. The molecule has 1 unspecified atom stereocenters. The minimum absolute atomic E-state index is 0.202. The third-order valence-electron chi connectivity index (χ3n) is 4.21. The lowest BCUT2D eigenvalue weighted by atomic mass is 10.00. The molecule has 1 saturated heterocycles. The van der Waals surface area contributed by atoms with Crippen molar-refractivity contribution in [3.63, 3.8) is 0 Å². The van der Waals surface area contributed by atoms with Gasteiger partial charge in [-0.15, -0.1) is 0 Å². The van der Waals surface area contributed by atoms with Crippen LogP contribution in [0.4, 0.5) is 0 Å². The van der Waals surface area contributed by atoms with Crippen LogP contribution in [0.1, 0.15) is 25.5 Å². The normalized spacial score (nSPS) is 18.5. The Bertz CT molecular complexity index is 567. The monoisotopic (exact) mass is 272 g/mol. The van der Waals surface area contributed by atoms with Crippen molar-refractivity contribution in [3.8, 4) is 0 Å². The summed E-state index contributed by atoms with van der Waals surface area (Å²) < 4.78 is 7.95. The number of ether oxygens (including phenoxy) is 1. The van der Waals surface area contributed by atoms with Gasteiger partial charge in [-0.3, -0.25) is 0 Å². The molecule has 2 aromatic rings. The van der Waals surface area contributed by atoms with E-state index in [1.807, 2.05) is 0 Å². The second kappa shape index (κ2) is 5.98. The Kier molecular flexibility index (Phi) is 4.08. The molecular weight excluding hydrogens is 248 g/mol. The zero-order chi connectivity index (χ0) is 13.9. The molecule has 1 aliphatic heterocycles. The topological polar surface area (TPSA) is 40.2 Å². The van der Waals surface area contributed by atoms with E-state index in [4.69, 9.17) is 10.5 Å². The Labute approximate surface area is 120 Å². The predicted molar refractivity (Wildman–Crippen MR) is 82.8 cm³/mol. The maximum Gasteiger partial charge on any atom is 0.0482 e. The number of hydrogen-bond donors (Lipinski definition) is 1. The number of rotatable bonds is 4. The van der Waals surface area contributed by atoms with Gasteiger partial charge < -0.3 is 15.0 Å². The van der Waals surface area contributed by atoms with Crippen molar-refractivity contribution in [1.29, 1.82) is 0 Å². The fourth-order valence-electron chi connectivity index (χ4n) is 3.17. The minimum atomic E-state index is 0.202. The standard InChI is InChI=1S/C17H24N2O/c1-13(18)10-16-11-15-4-2-3-5-17(15)19(16)12-14-6-8-20-9-7-14/h2-5,11,13-14H,6-10,12,18H2,1H3. The average Bonchev–Trinajstić information content (AvgIpc) is 2.77. The molecule has 20 heavy (non-hydrogen) atoms. The SMILES string of the molecule is CC(N)Cc1cc2ccccc2n1CC1CCOCC1. The van der Waals surface area contributed by atoms with E-state index in [1.165, 1.54) is 29.4 Å². The lowest BCUT2D eigenvalue weighted by Gasteiger charge is -2.24. The third-order valence-corrected chi connectivity index (χ3v) is 4.21. The van der Waals surface area contributed by atoms with Gasteiger partial charge in [0.2, 0.25) is 0 Å². The van der Waals surface area contributed by atoms with Crippen LogP contribution in [0, 0.1) is 5.92 Å². The summed E-state index contributed by atoms with van der Waals surface area (Å²) in [7, 11) is 0. The van der Waals surface area contributed by atoms with Gasteiger partial charge in [0.1, 0.15) is 0 Å². The van der Waals surface area contributed by atoms with Gasteiger partial charge in [-0.25, -0.2) is 0 Å². The molecule has 0 bridgehead atoms. The van der Waals surface area contributed by atoms with Crippen LogP contribution in [0.3, 0.4) is 0 Å². The highest BCUT2D eigenvalue weighted by Crippen LogP contribution is 2.25. The van der Waals surface area contributed by atoms with E-state index in [1.54, 1.807) is 0 Å². The number of benzene rings is 1. The van der Waals surface area contributed by atoms with E-state index in [0.29, 0.717) is 0 Å². The second-order valence-electron chi connectivity index (χ2n) is 6.04. The molecule has 1 aromatic carbocycles. The summed E-state index contributed by atoms with van der Waals surface area (Å²) >= 11 is 0. The van der Waals surface area contributed by atoms with Crippen LogP contribution in [0.15, 0.2) is 30.3 Å². The van der Waals surface area contributed by atoms with Crippen molar-refractivity contribution in [2.24, 2.45) is 11.7 Å². The number of nitrogens with zero attached hydrogens (tertiary/aromatic N) is 1. The molecule has 3 rings (SSSR count). The summed E-state index contributed by atoms with van der Waals surface area (Å²) in [6.45, 7) is 4.99. The molecule has 3 nitrogen and oxygen atoms in total. The van der Waals surface area contributed by atoms with Crippen molar-refractivity contribution < 1.29 is 4.74 Å². The van der Waals surface area contributed by atoms with Crippen molar-refractivity contribution in [2.45, 2.75) is 38.8 Å². The van der Waals surface area contributed by atoms with Crippen molar-refractivity contribution in [1.82, 2.24) is 4.57 Å². The van der Waals surface area contributed by atoms with Gasteiger partial charge in [0.15, 0.2) is 0 Å². The molecule has 0 spiro atoms.